The van der Waals surface area contributed by atoms with Gasteiger partial charge in [-0.2, -0.15) is 0 Å². The van der Waals surface area contributed by atoms with Gasteiger partial charge in [-0.05, 0) is 45.0 Å². The van der Waals surface area contributed by atoms with Crippen molar-refractivity contribution in [2.24, 2.45) is 0 Å². The molecule has 0 unspecified atom stereocenters. The predicted molar refractivity (Wildman–Crippen MR) is 75.2 cm³/mol. The minimum Gasteiger partial charge on any atom is -0.493 e. The number of benzene rings is 1. The molecule has 1 heterocycles. The Morgan fingerprint density at radius 1 is 1.32 bits per heavy atom. The smallest absolute Gasteiger partial charge is 0.223 e. The summed E-state index contributed by atoms with van der Waals surface area (Å²) in [5.41, 5.74) is -0.0604. The molecule has 19 heavy (non-hydrogen) atoms. The summed E-state index contributed by atoms with van der Waals surface area (Å²) in [5, 5.41) is 6.42. The molecule has 4 nitrogen and oxygen atoms in total. The first-order chi connectivity index (χ1) is 9.18. The molecule has 1 fully saturated rings. The number of hydrogen-bond donors (Lipinski definition) is 2. The van der Waals surface area contributed by atoms with Gasteiger partial charge in [-0.25, -0.2) is 0 Å². The average Bonchev–Trinajstić information content (AvgIpc) is 2.40. The van der Waals surface area contributed by atoms with Crippen LogP contribution in [0.2, 0.25) is 0 Å². The van der Waals surface area contributed by atoms with Gasteiger partial charge in [0.25, 0.3) is 0 Å². The van der Waals surface area contributed by atoms with E-state index in [0.29, 0.717) is 13.0 Å². The first-order valence-corrected chi connectivity index (χ1v) is 6.88. The topological polar surface area (TPSA) is 50.4 Å². The molecule has 1 aromatic rings. The Morgan fingerprint density at radius 3 is 2.68 bits per heavy atom. The first kappa shape index (κ1) is 13.9. The molecule has 4 heteroatoms. The number of carbonyl (C=O) groups excluding carboxylic acids is 1. The van der Waals surface area contributed by atoms with Crippen LogP contribution in [0.1, 0.15) is 26.2 Å². The third-order valence-corrected chi connectivity index (χ3v) is 3.49. The second-order valence-corrected chi connectivity index (χ2v) is 5.27. The number of nitrogens with one attached hydrogen (secondary N) is 2. The van der Waals surface area contributed by atoms with Gasteiger partial charge in [-0.1, -0.05) is 18.2 Å². The fourth-order valence-electron chi connectivity index (χ4n) is 2.28. The second-order valence-electron chi connectivity index (χ2n) is 5.27. The minimum atomic E-state index is -0.0604. The van der Waals surface area contributed by atoms with Gasteiger partial charge in [0.15, 0.2) is 0 Å². The van der Waals surface area contributed by atoms with Crippen LogP contribution < -0.4 is 15.4 Å². The summed E-state index contributed by atoms with van der Waals surface area (Å²) >= 11 is 0. The number of hydrogen-bond acceptors (Lipinski definition) is 3. The van der Waals surface area contributed by atoms with Crippen LogP contribution >= 0.6 is 0 Å². The van der Waals surface area contributed by atoms with E-state index in [0.717, 1.165) is 31.7 Å². The standard InChI is InChI=1S/C15H22N2O2/c1-15(8-10-16-11-9-15)17-14(18)7-12-19-13-5-3-2-4-6-13/h2-6,16H,7-12H2,1H3,(H,17,18). The van der Waals surface area contributed by atoms with E-state index >= 15 is 0 Å². The van der Waals surface area contributed by atoms with Crippen molar-refractivity contribution < 1.29 is 9.53 Å². The van der Waals surface area contributed by atoms with E-state index in [-0.39, 0.29) is 11.4 Å². The quantitative estimate of drug-likeness (QED) is 0.849. The van der Waals surface area contributed by atoms with Gasteiger partial charge in [0.05, 0.1) is 13.0 Å². The van der Waals surface area contributed by atoms with Gasteiger partial charge in [-0.15, -0.1) is 0 Å². The molecule has 1 saturated heterocycles. The summed E-state index contributed by atoms with van der Waals surface area (Å²) in [5.74, 6) is 0.878. The number of piperidine rings is 1. The van der Waals surface area contributed by atoms with Crippen LogP contribution in [0.5, 0.6) is 5.75 Å². The van der Waals surface area contributed by atoms with E-state index in [2.05, 4.69) is 17.6 Å². The molecule has 0 atom stereocenters. The normalized spacial score (nSPS) is 17.7. The van der Waals surface area contributed by atoms with Gasteiger partial charge in [0, 0.05) is 5.54 Å². The van der Waals surface area contributed by atoms with Gasteiger partial charge in [-0.3, -0.25) is 4.79 Å². The van der Waals surface area contributed by atoms with E-state index in [1.165, 1.54) is 0 Å². The molecule has 104 valence electrons. The molecule has 0 saturated carbocycles. The zero-order chi connectivity index (χ0) is 13.6. The van der Waals surface area contributed by atoms with Crippen molar-refractivity contribution in [2.75, 3.05) is 19.7 Å². The highest BCUT2D eigenvalue weighted by molar-refractivity contribution is 5.76. The molecule has 0 aliphatic carbocycles. The summed E-state index contributed by atoms with van der Waals surface area (Å²) in [6, 6.07) is 9.58. The monoisotopic (exact) mass is 262 g/mol. The van der Waals surface area contributed by atoms with Gasteiger partial charge in [0.2, 0.25) is 5.91 Å². The largest absolute Gasteiger partial charge is 0.493 e. The van der Waals surface area contributed by atoms with Crippen LogP contribution in [-0.4, -0.2) is 31.1 Å². The molecule has 0 bridgehead atoms. The third-order valence-electron chi connectivity index (χ3n) is 3.49. The Labute approximate surface area is 114 Å². The van der Waals surface area contributed by atoms with Crippen molar-refractivity contribution in [1.82, 2.24) is 10.6 Å². The number of amides is 1. The van der Waals surface area contributed by atoms with Crippen LogP contribution in [0.3, 0.4) is 0 Å². The fraction of sp³-hybridized carbons (Fsp3) is 0.533. The van der Waals surface area contributed by atoms with Crippen molar-refractivity contribution in [3.05, 3.63) is 30.3 Å². The van der Waals surface area contributed by atoms with Crippen LogP contribution in [-0.2, 0) is 4.79 Å². The lowest BCUT2D eigenvalue weighted by Crippen LogP contribution is -2.52. The van der Waals surface area contributed by atoms with Crippen molar-refractivity contribution in [3.63, 3.8) is 0 Å². The zero-order valence-electron chi connectivity index (χ0n) is 11.4. The highest BCUT2D eigenvalue weighted by Gasteiger charge is 2.27. The van der Waals surface area contributed by atoms with E-state index in [9.17, 15) is 4.79 Å². The lowest BCUT2D eigenvalue weighted by molar-refractivity contribution is -0.123. The lowest BCUT2D eigenvalue weighted by atomic mass is 9.90. The molecule has 2 N–H and O–H groups in total. The predicted octanol–water partition coefficient (Wildman–Crippen LogP) is 1.71. The maximum atomic E-state index is 11.9. The minimum absolute atomic E-state index is 0.0604. The second kappa shape index (κ2) is 6.57. The summed E-state index contributed by atoms with van der Waals surface area (Å²) in [4.78, 5) is 11.9. The number of carbonyl (C=O) groups is 1. The SMILES string of the molecule is CC1(NC(=O)CCOc2ccccc2)CCNCC1. The zero-order valence-corrected chi connectivity index (χ0v) is 11.4. The van der Waals surface area contributed by atoms with Gasteiger partial charge in [0.1, 0.15) is 5.75 Å². The number of ether oxygens (including phenoxy) is 1. The van der Waals surface area contributed by atoms with Crippen molar-refractivity contribution in [3.8, 4) is 5.75 Å². The number of para-hydroxylation sites is 1. The molecule has 0 radical (unpaired) electrons. The van der Waals surface area contributed by atoms with E-state index in [1.54, 1.807) is 0 Å². The Kier molecular flexibility index (Phi) is 4.80. The molecular formula is C15H22N2O2. The Bertz CT molecular complexity index is 400. The molecule has 1 amide bonds. The Morgan fingerprint density at radius 2 is 2.00 bits per heavy atom. The molecule has 2 rings (SSSR count). The molecule has 0 spiro atoms. The van der Waals surface area contributed by atoms with E-state index in [4.69, 9.17) is 4.74 Å². The van der Waals surface area contributed by atoms with Crippen LogP contribution in [0.15, 0.2) is 30.3 Å². The molecule has 0 aromatic heterocycles. The third kappa shape index (κ3) is 4.56. The summed E-state index contributed by atoms with van der Waals surface area (Å²) in [7, 11) is 0. The van der Waals surface area contributed by atoms with Gasteiger partial charge >= 0.3 is 0 Å². The summed E-state index contributed by atoms with van der Waals surface area (Å²) in [6.45, 7) is 4.47. The summed E-state index contributed by atoms with van der Waals surface area (Å²) < 4.78 is 5.53. The van der Waals surface area contributed by atoms with Gasteiger partial charge < -0.3 is 15.4 Å². The number of rotatable bonds is 5. The molecule has 1 aromatic carbocycles. The maximum Gasteiger partial charge on any atom is 0.223 e. The van der Waals surface area contributed by atoms with Crippen molar-refractivity contribution >= 4 is 5.91 Å². The Balaban J connectivity index is 1.70. The van der Waals surface area contributed by atoms with Crippen LogP contribution in [0.4, 0.5) is 0 Å². The van der Waals surface area contributed by atoms with E-state index < -0.39 is 0 Å². The highest BCUT2D eigenvalue weighted by atomic mass is 16.5. The lowest BCUT2D eigenvalue weighted by Gasteiger charge is -2.35. The Hall–Kier alpha value is -1.55. The van der Waals surface area contributed by atoms with E-state index in [1.807, 2.05) is 30.3 Å². The summed E-state index contributed by atoms with van der Waals surface area (Å²) in [6.07, 6.45) is 2.37. The first-order valence-electron chi connectivity index (χ1n) is 6.88. The van der Waals surface area contributed by atoms with Crippen molar-refractivity contribution in [2.45, 2.75) is 31.7 Å². The average molecular weight is 262 g/mol. The molecular weight excluding hydrogens is 240 g/mol. The highest BCUT2D eigenvalue weighted by Crippen LogP contribution is 2.17. The van der Waals surface area contributed by atoms with Crippen molar-refractivity contribution in [1.29, 1.82) is 0 Å². The molecule has 1 aliphatic heterocycles. The van der Waals surface area contributed by atoms with Crippen LogP contribution in [0, 0.1) is 0 Å². The maximum absolute atomic E-state index is 11.9. The van der Waals surface area contributed by atoms with Crippen LogP contribution in [0.25, 0.3) is 0 Å². The fourth-order valence-corrected chi connectivity index (χ4v) is 2.28. The molecule has 1 aliphatic rings.